The lowest BCUT2D eigenvalue weighted by molar-refractivity contribution is 0.632. The van der Waals surface area contributed by atoms with E-state index in [-0.39, 0.29) is 0 Å². The standard InChI is InChI=1S/C28H19NO/c1-3-9-19(10-4-1)22-15-16-24-27(23(18-29-24)20-11-5-2-6-12-20)28(22)26-17-21-13-7-8-14-25(21)30-26/h1-18,29H. The molecular weight excluding hydrogens is 366 g/mol. The molecule has 0 spiro atoms. The lowest BCUT2D eigenvalue weighted by Gasteiger charge is -2.12. The number of benzene rings is 4. The Morgan fingerprint density at radius 2 is 1.27 bits per heavy atom. The van der Waals surface area contributed by atoms with Crippen LogP contribution in [0.5, 0.6) is 0 Å². The quantitative estimate of drug-likeness (QED) is 0.329. The number of nitrogens with one attached hydrogen (secondary N) is 1. The third kappa shape index (κ3) is 2.66. The molecule has 0 bridgehead atoms. The summed E-state index contributed by atoms with van der Waals surface area (Å²) in [6.45, 7) is 0. The number of furan rings is 1. The molecule has 0 atom stereocenters. The molecule has 0 radical (unpaired) electrons. The molecular formula is C28H19NO. The highest BCUT2D eigenvalue weighted by molar-refractivity contribution is 6.10. The van der Waals surface area contributed by atoms with Crippen LogP contribution < -0.4 is 0 Å². The summed E-state index contributed by atoms with van der Waals surface area (Å²) in [4.78, 5) is 3.47. The number of rotatable bonds is 3. The number of aromatic nitrogens is 1. The maximum absolute atomic E-state index is 6.37. The first-order valence-electron chi connectivity index (χ1n) is 10.1. The third-order valence-electron chi connectivity index (χ3n) is 5.69. The SMILES string of the molecule is c1ccc(-c2ccc3[nH]cc(-c4ccccc4)c3c2-c2cc3ccccc3o2)cc1. The van der Waals surface area contributed by atoms with E-state index in [0.717, 1.165) is 27.8 Å². The maximum atomic E-state index is 6.37. The average molecular weight is 385 g/mol. The van der Waals surface area contributed by atoms with Crippen LogP contribution in [-0.4, -0.2) is 4.98 Å². The summed E-state index contributed by atoms with van der Waals surface area (Å²) in [5, 5.41) is 2.29. The van der Waals surface area contributed by atoms with Gasteiger partial charge in [0.1, 0.15) is 11.3 Å². The molecule has 2 nitrogen and oxygen atoms in total. The van der Waals surface area contributed by atoms with Crippen LogP contribution in [0.25, 0.3) is 55.4 Å². The van der Waals surface area contributed by atoms with Gasteiger partial charge in [-0.1, -0.05) is 84.9 Å². The van der Waals surface area contributed by atoms with Crippen molar-refractivity contribution < 1.29 is 4.42 Å². The van der Waals surface area contributed by atoms with Gasteiger partial charge in [-0.25, -0.2) is 0 Å². The molecule has 0 saturated heterocycles. The van der Waals surface area contributed by atoms with Gasteiger partial charge < -0.3 is 9.40 Å². The molecule has 4 aromatic carbocycles. The molecule has 0 amide bonds. The van der Waals surface area contributed by atoms with Crippen molar-refractivity contribution >= 4 is 21.9 Å². The number of aromatic amines is 1. The number of fused-ring (bicyclic) bond motifs is 2. The van der Waals surface area contributed by atoms with E-state index >= 15 is 0 Å². The van der Waals surface area contributed by atoms with Gasteiger partial charge in [-0.3, -0.25) is 0 Å². The monoisotopic (exact) mass is 385 g/mol. The first-order chi connectivity index (χ1) is 14.9. The van der Waals surface area contributed by atoms with E-state index in [4.69, 9.17) is 4.42 Å². The molecule has 0 aliphatic carbocycles. The van der Waals surface area contributed by atoms with Crippen LogP contribution in [0.4, 0.5) is 0 Å². The van der Waals surface area contributed by atoms with E-state index in [2.05, 4.69) is 90.0 Å². The first kappa shape index (κ1) is 16.9. The molecule has 0 fully saturated rings. The van der Waals surface area contributed by atoms with Crippen LogP contribution in [0.2, 0.25) is 0 Å². The summed E-state index contributed by atoms with van der Waals surface area (Å²) in [6.07, 6.45) is 2.10. The zero-order valence-electron chi connectivity index (χ0n) is 16.3. The summed E-state index contributed by atoms with van der Waals surface area (Å²) >= 11 is 0. The Bertz CT molecular complexity index is 1440. The summed E-state index contributed by atoms with van der Waals surface area (Å²) in [6, 6.07) is 35.7. The van der Waals surface area contributed by atoms with Crippen molar-refractivity contribution in [3.63, 3.8) is 0 Å². The lowest BCUT2D eigenvalue weighted by atomic mass is 9.92. The number of para-hydroxylation sites is 1. The van der Waals surface area contributed by atoms with Crippen molar-refractivity contribution in [2.45, 2.75) is 0 Å². The Hall–Kier alpha value is -4.04. The van der Waals surface area contributed by atoms with Gasteiger partial charge in [-0.15, -0.1) is 0 Å². The third-order valence-corrected chi connectivity index (χ3v) is 5.69. The van der Waals surface area contributed by atoms with E-state index in [0.29, 0.717) is 0 Å². The topological polar surface area (TPSA) is 28.9 Å². The Balaban J connectivity index is 1.73. The van der Waals surface area contributed by atoms with E-state index in [9.17, 15) is 0 Å². The molecule has 2 heterocycles. The van der Waals surface area contributed by atoms with Crippen molar-refractivity contribution in [3.05, 3.63) is 109 Å². The number of H-pyrrole nitrogens is 1. The van der Waals surface area contributed by atoms with Gasteiger partial charge in [0, 0.05) is 33.6 Å². The number of hydrogen-bond acceptors (Lipinski definition) is 1. The van der Waals surface area contributed by atoms with Crippen LogP contribution in [0.3, 0.4) is 0 Å². The van der Waals surface area contributed by atoms with Crippen LogP contribution in [0.1, 0.15) is 0 Å². The summed E-state index contributed by atoms with van der Waals surface area (Å²) in [5.41, 5.74) is 7.83. The lowest BCUT2D eigenvalue weighted by Crippen LogP contribution is -1.87. The molecule has 6 rings (SSSR count). The van der Waals surface area contributed by atoms with Crippen LogP contribution >= 0.6 is 0 Å². The fraction of sp³-hybridized carbons (Fsp3) is 0. The molecule has 6 aromatic rings. The predicted molar refractivity (Wildman–Crippen MR) is 124 cm³/mol. The minimum Gasteiger partial charge on any atom is -0.456 e. The minimum atomic E-state index is 0.887. The fourth-order valence-electron chi connectivity index (χ4n) is 4.29. The molecule has 0 aliphatic rings. The van der Waals surface area contributed by atoms with Gasteiger partial charge in [-0.05, 0) is 34.9 Å². The molecule has 1 N–H and O–H groups in total. The highest BCUT2D eigenvalue weighted by Crippen LogP contribution is 2.43. The Kier molecular flexibility index (Phi) is 3.82. The average Bonchev–Trinajstić information content (AvgIpc) is 3.44. The molecule has 30 heavy (non-hydrogen) atoms. The molecule has 0 saturated carbocycles. The fourth-order valence-corrected chi connectivity index (χ4v) is 4.29. The predicted octanol–water partition coefficient (Wildman–Crippen LogP) is 7.92. The molecule has 142 valence electrons. The van der Waals surface area contributed by atoms with Crippen molar-refractivity contribution in [3.8, 4) is 33.6 Å². The van der Waals surface area contributed by atoms with E-state index in [1.54, 1.807) is 0 Å². The summed E-state index contributed by atoms with van der Waals surface area (Å²) < 4.78 is 6.37. The van der Waals surface area contributed by atoms with Crippen molar-refractivity contribution in [1.29, 1.82) is 0 Å². The second-order valence-corrected chi connectivity index (χ2v) is 7.49. The zero-order valence-corrected chi connectivity index (χ0v) is 16.3. The van der Waals surface area contributed by atoms with Gasteiger partial charge in [0.05, 0.1) is 0 Å². The van der Waals surface area contributed by atoms with Crippen molar-refractivity contribution in [2.24, 2.45) is 0 Å². The second-order valence-electron chi connectivity index (χ2n) is 7.49. The Labute approximate surface area is 174 Å². The van der Waals surface area contributed by atoms with Crippen molar-refractivity contribution in [1.82, 2.24) is 4.98 Å². The number of hydrogen-bond donors (Lipinski definition) is 1. The molecule has 2 aromatic heterocycles. The summed E-state index contributed by atoms with van der Waals surface area (Å²) in [5.74, 6) is 0.887. The first-order valence-corrected chi connectivity index (χ1v) is 10.1. The maximum Gasteiger partial charge on any atom is 0.136 e. The van der Waals surface area contributed by atoms with Crippen LogP contribution in [0, 0.1) is 0 Å². The minimum absolute atomic E-state index is 0.887. The highest BCUT2D eigenvalue weighted by Gasteiger charge is 2.19. The van der Waals surface area contributed by atoms with Crippen LogP contribution in [0.15, 0.2) is 114 Å². The Morgan fingerprint density at radius 3 is 2.00 bits per heavy atom. The van der Waals surface area contributed by atoms with E-state index in [1.165, 1.54) is 27.6 Å². The van der Waals surface area contributed by atoms with E-state index in [1.807, 2.05) is 24.3 Å². The van der Waals surface area contributed by atoms with Gasteiger partial charge in [0.15, 0.2) is 0 Å². The summed E-state index contributed by atoms with van der Waals surface area (Å²) in [7, 11) is 0. The largest absolute Gasteiger partial charge is 0.456 e. The zero-order chi connectivity index (χ0) is 19.9. The molecule has 0 unspecified atom stereocenters. The van der Waals surface area contributed by atoms with Gasteiger partial charge >= 0.3 is 0 Å². The second kappa shape index (κ2) is 6.78. The van der Waals surface area contributed by atoms with Crippen molar-refractivity contribution in [2.75, 3.05) is 0 Å². The normalized spacial score (nSPS) is 11.3. The highest BCUT2D eigenvalue weighted by atomic mass is 16.3. The molecule has 0 aliphatic heterocycles. The van der Waals surface area contributed by atoms with Gasteiger partial charge in [-0.2, -0.15) is 0 Å². The van der Waals surface area contributed by atoms with Gasteiger partial charge in [0.25, 0.3) is 0 Å². The Morgan fingerprint density at radius 1 is 0.600 bits per heavy atom. The van der Waals surface area contributed by atoms with Crippen LogP contribution in [-0.2, 0) is 0 Å². The smallest absolute Gasteiger partial charge is 0.136 e. The van der Waals surface area contributed by atoms with E-state index < -0.39 is 0 Å². The molecule has 2 heteroatoms. The van der Waals surface area contributed by atoms with Gasteiger partial charge in [0.2, 0.25) is 0 Å².